The molecule has 0 saturated carbocycles. The van der Waals surface area contributed by atoms with Crippen LogP contribution in [0.5, 0.6) is 5.88 Å². The highest BCUT2D eigenvalue weighted by atomic mass is 16.5. The third-order valence-corrected chi connectivity index (χ3v) is 5.34. The standard InChI is InChI=1S/C18H24N2O5/c1-5-6-10-24-16-12-13(25-19-16)14(20(3)4)17(2)9-7-8-11(21)18(17,23)15(12)22/h7-8,14,23H,5-6,9-10H2,1-4H3/t14-,17+,18+/m1/s1. The number of Topliss-reactive ketones (excluding diaryl/α,β-unsaturated/α-hetero) is 1. The molecule has 25 heavy (non-hydrogen) atoms. The van der Waals surface area contributed by atoms with Gasteiger partial charge >= 0.3 is 0 Å². The lowest BCUT2D eigenvalue weighted by molar-refractivity contribution is -0.149. The average molecular weight is 348 g/mol. The van der Waals surface area contributed by atoms with E-state index in [-0.39, 0.29) is 11.4 Å². The monoisotopic (exact) mass is 348 g/mol. The molecule has 3 atom stereocenters. The fourth-order valence-electron chi connectivity index (χ4n) is 4.01. The zero-order valence-corrected chi connectivity index (χ0v) is 15.0. The molecule has 0 aliphatic heterocycles. The molecule has 0 radical (unpaired) electrons. The van der Waals surface area contributed by atoms with E-state index in [0.717, 1.165) is 12.8 Å². The Morgan fingerprint density at radius 1 is 1.44 bits per heavy atom. The molecule has 7 heteroatoms. The van der Waals surface area contributed by atoms with Crippen molar-refractivity contribution in [2.24, 2.45) is 5.41 Å². The van der Waals surface area contributed by atoms with E-state index in [1.807, 2.05) is 25.9 Å². The van der Waals surface area contributed by atoms with Crippen molar-refractivity contribution in [3.8, 4) is 5.88 Å². The number of carbonyl (C=O) groups excluding carboxylic acids is 2. The molecule has 1 aromatic rings. The van der Waals surface area contributed by atoms with Gasteiger partial charge in [-0.2, -0.15) is 0 Å². The van der Waals surface area contributed by atoms with Crippen LogP contribution in [0.4, 0.5) is 0 Å². The molecule has 0 saturated heterocycles. The highest BCUT2D eigenvalue weighted by Crippen LogP contribution is 2.57. The molecular weight excluding hydrogens is 324 g/mol. The molecule has 7 nitrogen and oxygen atoms in total. The third-order valence-electron chi connectivity index (χ3n) is 5.34. The van der Waals surface area contributed by atoms with Crippen molar-refractivity contribution in [1.29, 1.82) is 0 Å². The van der Waals surface area contributed by atoms with Crippen molar-refractivity contribution < 1.29 is 24.0 Å². The van der Waals surface area contributed by atoms with Gasteiger partial charge in [0.05, 0.1) is 12.6 Å². The smallest absolute Gasteiger partial charge is 0.265 e. The van der Waals surface area contributed by atoms with E-state index < -0.39 is 28.6 Å². The number of hydrogen-bond acceptors (Lipinski definition) is 7. The van der Waals surface area contributed by atoms with Crippen LogP contribution in [0.1, 0.15) is 55.3 Å². The molecule has 1 N–H and O–H groups in total. The van der Waals surface area contributed by atoms with E-state index in [1.165, 1.54) is 6.08 Å². The van der Waals surface area contributed by atoms with Gasteiger partial charge in [0.2, 0.25) is 5.78 Å². The number of unbranched alkanes of at least 4 members (excludes halogenated alkanes) is 1. The minimum atomic E-state index is -2.15. The molecule has 0 spiro atoms. The van der Waals surface area contributed by atoms with Gasteiger partial charge in [-0.3, -0.25) is 14.5 Å². The Balaban J connectivity index is 2.17. The van der Waals surface area contributed by atoms with E-state index in [0.29, 0.717) is 18.8 Å². The second kappa shape index (κ2) is 6.07. The number of ether oxygens (including phenoxy) is 1. The van der Waals surface area contributed by atoms with Crippen LogP contribution in [0.15, 0.2) is 16.7 Å². The topological polar surface area (TPSA) is 92.9 Å². The average Bonchev–Trinajstić information content (AvgIpc) is 2.94. The van der Waals surface area contributed by atoms with E-state index in [2.05, 4.69) is 5.16 Å². The van der Waals surface area contributed by atoms with E-state index in [9.17, 15) is 14.7 Å². The summed E-state index contributed by atoms with van der Waals surface area (Å²) in [5.74, 6) is -0.899. The normalized spacial score (nSPS) is 31.2. The number of allylic oxidation sites excluding steroid dienone is 1. The Morgan fingerprint density at radius 3 is 2.80 bits per heavy atom. The first-order chi connectivity index (χ1) is 11.8. The Bertz CT molecular complexity index is 738. The Labute approximate surface area is 146 Å². The first-order valence-corrected chi connectivity index (χ1v) is 8.56. The van der Waals surface area contributed by atoms with E-state index >= 15 is 0 Å². The molecular formula is C18H24N2O5. The molecule has 2 aliphatic carbocycles. The number of aromatic nitrogens is 1. The fourth-order valence-corrected chi connectivity index (χ4v) is 4.01. The number of fused-ring (bicyclic) bond motifs is 2. The van der Waals surface area contributed by atoms with E-state index in [1.54, 1.807) is 13.0 Å². The third kappa shape index (κ3) is 2.29. The highest BCUT2D eigenvalue weighted by molar-refractivity contribution is 6.23. The first kappa shape index (κ1) is 17.8. The van der Waals surface area contributed by atoms with Gasteiger partial charge in [0.15, 0.2) is 17.1 Å². The second-order valence-corrected chi connectivity index (χ2v) is 7.22. The van der Waals surface area contributed by atoms with Crippen LogP contribution in [0.2, 0.25) is 0 Å². The van der Waals surface area contributed by atoms with Crippen LogP contribution in [-0.2, 0) is 4.79 Å². The summed E-state index contributed by atoms with van der Waals surface area (Å²) in [4.78, 5) is 27.6. The quantitative estimate of drug-likeness (QED) is 0.642. The molecule has 1 aromatic heterocycles. The van der Waals surface area contributed by atoms with Gasteiger partial charge in [-0.1, -0.05) is 26.3 Å². The molecule has 136 valence electrons. The minimum absolute atomic E-state index is 0.0538. The molecule has 2 aliphatic rings. The van der Waals surface area contributed by atoms with Crippen molar-refractivity contribution in [3.63, 3.8) is 0 Å². The lowest BCUT2D eigenvalue weighted by Crippen LogP contribution is -2.65. The van der Waals surface area contributed by atoms with Crippen LogP contribution >= 0.6 is 0 Å². The number of hydrogen-bond donors (Lipinski definition) is 1. The Hall–Kier alpha value is -1.99. The summed E-state index contributed by atoms with van der Waals surface area (Å²) in [5, 5.41) is 15.2. The summed E-state index contributed by atoms with van der Waals surface area (Å²) in [5.41, 5.74) is -3.12. The van der Waals surface area contributed by atoms with Crippen molar-refractivity contribution >= 4 is 11.6 Å². The highest BCUT2D eigenvalue weighted by Gasteiger charge is 2.67. The van der Waals surface area contributed by atoms with Crippen molar-refractivity contribution in [2.75, 3.05) is 20.7 Å². The summed E-state index contributed by atoms with van der Waals surface area (Å²) >= 11 is 0. The van der Waals surface area contributed by atoms with Crippen molar-refractivity contribution in [2.45, 2.75) is 44.8 Å². The molecule has 3 rings (SSSR count). The van der Waals surface area contributed by atoms with Crippen molar-refractivity contribution in [3.05, 3.63) is 23.5 Å². The Morgan fingerprint density at radius 2 is 2.16 bits per heavy atom. The maximum Gasteiger partial charge on any atom is 0.265 e. The van der Waals surface area contributed by atoms with Gasteiger partial charge < -0.3 is 14.4 Å². The van der Waals surface area contributed by atoms with Gasteiger partial charge in [0, 0.05) is 5.41 Å². The summed E-state index contributed by atoms with van der Waals surface area (Å²) in [7, 11) is 3.64. The maximum absolute atomic E-state index is 13.2. The second-order valence-electron chi connectivity index (χ2n) is 7.22. The number of nitrogens with zero attached hydrogens (tertiary/aromatic N) is 2. The largest absolute Gasteiger partial charge is 0.475 e. The SMILES string of the molecule is CCCCOc1noc2c1C(=O)[C@@]1(O)C(=O)C=CC[C@@]1(C)[C@@H]2N(C)C. The molecule has 0 unspecified atom stereocenters. The summed E-state index contributed by atoms with van der Waals surface area (Å²) in [6.07, 6.45) is 5.08. The number of rotatable bonds is 5. The van der Waals surface area contributed by atoms with E-state index in [4.69, 9.17) is 9.26 Å². The Kier molecular flexibility index (Phi) is 4.33. The van der Waals surface area contributed by atoms with Crippen LogP contribution in [0.25, 0.3) is 0 Å². The first-order valence-electron chi connectivity index (χ1n) is 8.56. The van der Waals surface area contributed by atoms with Crippen molar-refractivity contribution in [1.82, 2.24) is 10.1 Å². The molecule has 0 aromatic carbocycles. The summed E-state index contributed by atoms with van der Waals surface area (Å²) < 4.78 is 11.1. The fraction of sp³-hybridized carbons (Fsp3) is 0.611. The minimum Gasteiger partial charge on any atom is -0.475 e. The molecule has 0 bridgehead atoms. The maximum atomic E-state index is 13.2. The van der Waals surface area contributed by atoms with Gasteiger partial charge in [-0.05, 0) is 38.2 Å². The number of aliphatic hydroxyl groups is 1. The zero-order chi connectivity index (χ0) is 18.4. The van der Waals surface area contributed by atoms with Crippen LogP contribution in [0, 0.1) is 5.41 Å². The molecule has 1 heterocycles. The van der Waals surface area contributed by atoms with Gasteiger partial charge in [-0.15, -0.1) is 0 Å². The van der Waals surface area contributed by atoms with Gasteiger partial charge in [-0.25, -0.2) is 0 Å². The van der Waals surface area contributed by atoms with Gasteiger partial charge in [0.1, 0.15) is 5.56 Å². The molecule has 0 fully saturated rings. The lowest BCUT2D eigenvalue weighted by Gasteiger charge is -2.52. The summed E-state index contributed by atoms with van der Waals surface area (Å²) in [6, 6.07) is -0.491. The lowest BCUT2D eigenvalue weighted by atomic mass is 9.55. The summed E-state index contributed by atoms with van der Waals surface area (Å²) in [6.45, 7) is 4.15. The van der Waals surface area contributed by atoms with Crippen LogP contribution in [-0.4, -0.2) is 53.0 Å². The predicted octanol–water partition coefficient (Wildman–Crippen LogP) is 1.92. The van der Waals surface area contributed by atoms with Crippen LogP contribution in [0.3, 0.4) is 0 Å². The van der Waals surface area contributed by atoms with Crippen LogP contribution < -0.4 is 4.74 Å². The van der Waals surface area contributed by atoms with Gasteiger partial charge in [0.25, 0.3) is 5.88 Å². The number of ketones is 2. The number of carbonyl (C=O) groups is 2. The zero-order valence-electron chi connectivity index (χ0n) is 15.0. The predicted molar refractivity (Wildman–Crippen MR) is 89.5 cm³/mol. The molecule has 0 amide bonds.